The molecule has 1 atom stereocenters. The molecule has 4 aromatic rings. The van der Waals surface area contributed by atoms with Crippen molar-refractivity contribution in [3.63, 3.8) is 0 Å². The summed E-state index contributed by atoms with van der Waals surface area (Å²) in [5.74, 6) is 2.71. The van der Waals surface area contributed by atoms with Crippen LogP contribution < -0.4 is 0 Å². The van der Waals surface area contributed by atoms with Crippen molar-refractivity contribution >= 4 is 11.8 Å². The van der Waals surface area contributed by atoms with E-state index in [0.29, 0.717) is 24.9 Å². The van der Waals surface area contributed by atoms with E-state index in [9.17, 15) is 13.2 Å². The number of benzene rings is 2. The highest BCUT2D eigenvalue weighted by Gasteiger charge is 2.30. The number of rotatable bonds is 8. The molecule has 5 rings (SSSR count). The summed E-state index contributed by atoms with van der Waals surface area (Å²) >= 11 is 1.65. The molecule has 2 aromatic heterocycles. The Balaban J connectivity index is 1.11. The van der Waals surface area contributed by atoms with Gasteiger partial charge in [-0.05, 0) is 30.7 Å². The third kappa shape index (κ3) is 6.08. The Labute approximate surface area is 222 Å². The second kappa shape index (κ2) is 11.3. The maximum absolute atomic E-state index is 12.8. The van der Waals surface area contributed by atoms with E-state index in [1.54, 1.807) is 18.7 Å². The number of ether oxygens (including phenoxy) is 1. The molecule has 1 fully saturated rings. The molecule has 1 aliphatic rings. The number of aryl methyl sites for hydroxylation is 1. The first-order chi connectivity index (χ1) is 18.3. The van der Waals surface area contributed by atoms with Crippen LogP contribution in [0.3, 0.4) is 0 Å². The standard InChI is InChI=1S/C26H27F3N6O2S/c1-17-30-23(33-37-17)19-4-6-20(7-5-19)24-31-32-25(34(24)2)38-15-3-12-35-13-14-36-22(16-35)18-8-10-21(11-9-18)26(27,28)29/h4-11,22H,3,12-16H2,1-2H3. The number of halogens is 3. The van der Waals surface area contributed by atoms with Crippen molar-refractivity contribution in [2.45, 2.75) is 30.8 Å². The van der Waals surface area contributed by atoms with E-state index < -0.39 is 11.7 Å². The lowest BCUT2D eigenvalue weighted by molar-refractivity contribution is -0.137. The first-order valence-corrected chi connectivity index (χ1v) is 13.2. The van der Waals surface area contributed by atoms with Crippen molar-refractivity contribution in [3.8, 4) is 22.8 Å². The number of nitrogens with zero attached hydrogens (tertiary/aromatic N) is 6. The van der Waals surface area contributed by atoms with E-state index in [2.05, 4.69) is 25.2 Å². The highest BCUT2D eigenvalue weighted by Crippen LogP contribution is 2.31. The van der Waals surface area contributed by atoms with Gasteiger partial charge in [0, 0.05) is 43.9 Å². The van der Waals surface area contributed by atoms with E-state index in [-0.39, 0.29) is 6.10 Å². The molecule has 12 heteroatoms. The van der Waals surface area contributed by atoms with Gasteiger partial charge in [-0.2, -0.15) is 18.2 Å². The minimum absolute atomic E-state index is 0.226. The zero-order valence-electron chi connectivity index (χ0n) is 21.0. The Kier molecular flexibility index (Phi) is 7.82. The van der Waals surface area contributed by atoms with Crippen LogP contribution in [0.2, 0.25) is 0 Å². The van der Waals surface area contributed by atoms with Gasteiger partial charge in [-0.15, -0.1) is 10.2 Å². The van der Waals surface area contributed by atoms with Crippen molar-refractivity contribution in [1.82, 2.24) is 29.8 Å². The van der Waals surface area contributed by atoms with Crippen LogP contribution in [0.1, 0.15) is 29.5 Å². The summed E-state index contributed by atoms with van der Waals surface area (Å²) in [7, 11) is 1.95. The maximum Gasteiger partial charge on any atom is 0.416 e. The summed E-state index contributed by atoms with van der Waals surface area (Å²) in [5, 5.41) is 13.5. The summed E-state index contributed by atoms with van der Waals surface area (Å²) in [6.45, 7) is 4.63. The number of thioether (sulfide) groups is 1. The van der Waals surface area contributed by atoms with Crippen LogP contribution >= 0.6 is 11.8 Å². The smallest absolute Gasteiger partial charge is 0.371 e. The summed E-state index contributed by atoms with van der Waals surface area (Å²) in [6, 6.07) is 13.0. The molecular formula is C26H27F3N6O2S. The quantitative estimate of drug-likeness (QED) is 0.215. The average molecular weight is 545 g/mol. The molecule has 0 radical (unpaired) electrons. The number of morpholine rings is 1. The third-order valence-corrected chi connectivity index (χ3v) is 7.48. The van der Waals surface area contributed by atoms with Crippen LogP contribution in [-0.4, -0.2) is 61.8 Å². The lowest BCUT2D eigenvalue weighted by Gasteiger charge is -2.33. The molecule has 0 bridgehead atoms. The molecule has 8 nitrogen and oxygen atoms in total. The van der Waals surface area contributed by atoms with Crippen molar-refractivity contribution < 1.29 is 22.4 Å². The van der Waals surface area contributed by atoms with Crippen LogP contribution in [0.4, 0.5) is 13.2 Å². The zero-order valence-corrected chi connectivity index (χ0v) is 21.8. The summed E-state index contributed by atoms with van der Waals surface area (Å²) in [6.07, 6.45) is -3.62. The summed E-state index contributed by atoms with van der Waals surface area (Å²) in [4.78, 5) is 6.54. The van der Waals surface area contributed by atoms with Crippen LogP contribution in [0.25, 0.3) is 22.8 Å². The third-order valence-electron chi connectivity index (χ3n) is 6.37. The fourth-order valence-corrected chi connectivity index (χ4v) is 5.16. The van der Waals surface area contributed by atoms with Gasteiger partial charge in [0.1, 0.15) is 0 Å². The number of alkyl halides is 3. The van der Waals surface area contributed by atoms with Gasteiger partial charge in [-0.25, -0.2) is 0 Å². The minimum Gasteiger partial charge on any atom is -0.371 e. The lowest BCUT2D eigenvalue weighted by atomic mass is 10.1. The molecule has 0 spiro atoms. The Hall–Kier alpha value is -3.22. The second-order valence-corrected chi connectivity index (χ2v) is 10.1. The fourth-order valence-electron chi connectivity index (χ4n) is 4.32. The van der Waals surface area contributed by atoms with Gasteiger partial charge in [-0.3, -0.25) is 4.90 Å². The molecule has 1 aliphatic heterocycles. The molecule has 0 saturated carbocycles. The van der Waals surface area contributed by atoms with Crippen molar-refractivity contribution in [2.24, 2.45) is 7.05 Å². The molecule has 0 aliphatic carbocycles. The topological polar surface area (TPSA) is 82.1 Å². The van der Waals surface area contributed by atoms with E-state index >= 15 is 0 Å². The molecule has 0 N–H and O–H groups in total. The number of aromatic nitrogens is 5. The summed E-state index contributed by atoms with van der Waals surface area (Å²) < 4.78 is 51.4. The average Bonchev–Trinajstić information content (AvgIpc) is 3.52. The van der Waals surface area contributed by atoms with Gasteiger partial charge >= 0.3 is 6.18 Å². The summed E-state index contributed by atoms with van der Waals surface area (Å²) in [5.41, 5.74) is 1.93. The van der Waals surface area contributed by atoms with Crippen LogP contribution in [0.15, 0.2) is 58.2 Å². The minimum atomic E-state index is -4.33. The monoisotopic (exact) mass is 544 g/mol. The predicted molar refractivity (Wildman–Crippen MR) is 136 cm³/mol. The van der Waals surface area contributed by atoms with Crippen LogP contribution in [-0.2, 0) is 18.0 Å². The molecule has 200 valence electrons. The Morgan fingerprint density at radius 3 is 2.45 bits per heavy atom. The molecule has 38 heavy (non-hydrogen) atoms. The van der Waals surface area contributed by atoms with Crippen molar-refractivity contribution in [3.05, 3.63) is 65.5 Å². The molecule has 1 unspecified atom stereocenters. The van der Waals surface area contributed by atoms with E-state index in [1.165, 1.54) is 12.1 Å². The molecule has 3 heterocycles. The second-order valence-electron chi connectivity index (χ2n) is 9.06. The number of hydrogen-bond donors (Lipinski definition) is 0. The SMILES string of the molecule is Cc1nc(-c2ccc(-c3nnc(SCCCN4CCOC(c5ccc(C(F)(F)F)cc5)C4)n3C)cc2)no1. The Morgan fingerprint density at radius 2 is 1.76 bits per heavy atom. The van der Waals surface area contributed by atoms with Crippen LogP contribution in [0.5, 0.6) is 0 Å². The fraction of sp³-hybridized carbons (Fsp3) is 0.385. The van der Waals surface area contributed by atoms with Gasteiger partial charge in [0.25, 0.3) is 0 Å². The van der Waals surface area contributed by atoms with E-state index in [0.717, 1.165) is 65.1 Å². The van der Waals surface area contributed by atoms with Gasteiger partial charge in [0.05, 0.1) is 18.3 Å². The first-order valence-electron chi connectivity index (χ1n) is 12.2. The van der Waals surface area contributed by atoms with Gasteiger partial charge in [0.2, 0.25) is 11.7 Å². The molecular weight excluding hydrogens is 517 g/mol. The normalized spacial score (nSPS) is 16.7. The van der Waals surface area contributed by atoms with Gasteiger partial charge in [0.15, 0.2) is 11.0 Å². The van der Waals surface area contributed by atoms with Crippen molar-refractivity contribution in [1.29, 1.82) is 0 Å². The van der Waals surface area contributed by atoms with Crippen molar-refractivity contribution in [2.75, 3.05) is 32.0 Å². The van der Waals surface area contributed by atoms with E-state index in [4.69, 9.17) is 9.26 Å². The molecule has 1 saturated heterocycles. The molecule has 2 aromatic carbocycles. The first kappa shape index (κ1) is 26.4. The number of hydrogen-bond acceptors (Lipinski definition) is 8. The largest absolute Gasteiger partial charge is 0.416 e. The molecule has 0 amide bonds. The van der Waals surface area contributed by atoms with Gasteiger partial charge in [-0.1, -0.05) is 53.3 Å². The van der Waals surface area contributed by atoms with Crippen LogP contribution in [0, 0.1) is 6.92 Å². The van der Waals surface area contributed by atoms with Gasteiger partial charge < -0.3 is 13.8 Å². The maximum atomic E-state index is 12.8. The highest BCUT2D eigenvalue weighted by atomic mass is 32.2. The zero-order chi connectivity index (χ0) is 26.7. The Bertz CT molecular complexity index is 1350. The highest BCUT2D eigenvalue weighted by molar-refractivity contribution is 7.99. The van der Waals surface area contributed by atoms with E-state index in [1.807, 2.05) is 35.9 Å². The predicted octanol–water partition coefficient (Wildman–Crippen LogP) is 5.42. The Morgan fingerprint density at radius 1 is 1.03 bits per heavy atom. The lowest BCUT2D eigenvalue weighted by Crippen LogP contribution is -2.39.